The molecule has 0 saturated heterocycles. The summed E-state index contributed by atoms with van der Waals surface area (Å²) in [5.74, 6) is 2.43. The average Bonchev–Trinajstić information content (AvgIpc) is 3.25. The average molecular weight is 507 g/mol. The summed E-state index contributed by atoms with van der Waals surface area (Å²) in [6, 6.07) is 9.86. The second kappa shape index (κ2) is 10.3. The molecule has 0 spiro atoms. The van der Waals surface area contributed by atoms with Crippen molar-refractivity contribution in [3.05, 3.63) is 47.5 Å². The van der Waals surface area contributed by atoms with Crippen molar-refractivity contribution < 1.29 is 19.4 Å². The van der Waals surface area contributed by atoms with Crippen molar-refractivity contribution in [2.75, 3.05) is 0 Å². The Morgan fingerprint density at radius 1 is 1.08 bits per heavy atom. The highest BCUT2D eigenvalue weighted by molar-refractivity contribution is 5.99. The number of aliphatic hydroxyl groups is 1. The van der Waals surface area contributed by atoms with Crippen LogP contribution in [0.25, 0.3) is 0 Å². The minimum absolute atomic E-state index is 0.113. The monoisotopic (exact) mass is 506 g/mol. The number of allylic oxidation sites excluding steroid dienone is 2. The molecule has 4 nitrogen and oxygen atoms in total. The molecule has 0 aromatic heterocycles. The Labute approximate surface area is 223 Å². The molecular weight excluding hydrogens is 460 g/mol. The number of aliphatic hydroxyl groups excluding tert-OH is 1. The van der Waals surface area contributed by atoms with Crippen LogP contribution < -0.4 is 0 Å². The Kier molecular flexibility index (Phi) is 7.44. The molecule has 4 aliphatic carbocycles. The van der Waals surface area contributed by atoms with Gasteiger partial charge in [-0.3, -0.25) is 9.59 Å². The van der Waals surface area contributed by atoms with Gasteiger partial charge in [-0.15, -0.1) is 0 Å². The van der Waals surface area contributed by atoms with Gasteiger partial charge in [0.25, 0.3) is 0 Å². The zero-order valence-corrected chi connectivity index (χ0v) is 23.2. The number of Topliss-reactive ketones (excluding diaryl/α,β-unsaturated/α-hetero) is 1. The molecule has 4 aliphatic rings. The van der Waals surface area contributed by atoms with Crippen LogP contribution in [0.5, 0.6) is 0 Å². The van der Waals surface area contributed by atoms with E-state index in [4.69, 9.17) is 4.74 Å². The number of carbonyl (C=O) groups is 2. The van der Waals surface area contributed by atoms with Crippen molar-refractivity contribution in [2.24, 2.45) is 46.3 Å². The van der Waals surface area contributed by atoms with E-state index in [9.17, 15) is 14.7 Å². The Hall–Kier alpha value is -1.94. The highest BCUT2D eigenvalue weighted by atomic mass is 16.5. The van der Waals surface area contributed by atoms with Crippen molar-refractivity contribution in [1.29, 1.82) is 0 Å². The van der Waals surface area contributed by atoms with Crippen LogP contribution >= 0.6 is 0 Å². The topological polar surface area (TPSA) is 63.6 Å². The van der Waals surface area contributed by atoms with E-state index in [0.29, 0.717) is 42.5 Å². The Bertz CT molecular complexity index is 1030. The maximum absolute atomic E-state index is 14.0. The van der Waals surface area contributed by atoms with Gasteiger partial charge < -0.3 is 9.84 Å². The van der Waals surface area contributed by atoms with Crippen LogP contribution in [-0.4, -0.2) is 23.0 Å². The van der Waals surface area contributed by atoms with E-state index < -0.39 is 0 Å². The van der Waals surface area contributed by atoms with Gasteiger partial charge in [-0.05, 0) is 110 Å². The van der Waals surface area contributed by atoms with Crippen LogP contribution in [0.3, 0.4) is 0 Å². The van der Waals surface area contributed by atoms with Crippen LogP contribution in [0.1, 0.15) is 91.0 Å². The van der Waals surface area contributed by atoms with Crippen molar-refractivity contribution in [1.82, 2.24) is 0 Å². The predicted octanol–water partition coefficient (Wildman–Crippen LogP) is 6.90. The number of carbonyl (C=O) groups excluding carboxylic acids is 2. The lowest BCUT2D eigenvalue weighted by molar-refractivity contribution is -0.150. The number of hydrogen-bond donors (Lipinski definition) is 1. The summed E-state index contributed by atoms with van der Waals surface area (Å²) in [4.78, 5) is 26.5. The summed E-state index contributed by atoms with van der Waals surface area (Å²) in [6.45, 7) is 9.56. The summed E-state index contributed by atoms with van der Waals surface area (Å²) in [5.41, 5.74) is 2.30. The number of esters is 1. The van der Waals surface area contributed by atoms with Gasteiger partial charge in [0.1, 0.15) is 6.61 Å². The van der Waals surface area contributed by atoms with Gasteiger partial charge in [0.15, 0.2) is 5.78 Å². The maximum Gasteiger partial charge on any atom is 0.306 e. The second-order valence-corrected chi connectivity index (χ2v) is 13.2. The molecular formula is C33H46O4. The second-order valence-electron chi connectivity index (χ2n) is 13.2. The molecule has 37 heavy (non-hydrogen) atoms. The molecule has 1 N–H and O–H groups in total. The first-order valence-electron chi connectivity index (χ1n) is 14.8. The van der Waals surface area contributed by atoms with Crippen LogP contribution in [0.15, 0.2) is 42.0 Å². The molecule has 0 aliphatic heterocycles. The summed E-state index contributed by atoms with van der Waals surface area (Å²) in [5, 5.41) is 10.5. The lowest BCUT2D eigenvalue weighted by atomic mass is 9.43. The first-order valence-corrected chi connectivity index (χ1v) is 14.8. The van der Waals surface area contributed by atoms with Gasteiger partial charge in [-0.25, -0.2) is 0 Å². The quantitative estimate of drug-likeness (QED) is 0.337. The van der Waals surface area contributed by atoms with Gasteiger partial charge in [0.05, 0.1) is 6.10 Å². The van der Waals surface area contributed by atoms with Crippen molar-refractivity contribution in [3.8, 4) is 0 Å². The lowest BCUT2D eigenvalue weighted by Gasteiger charge is -2.61. The molecule has 202 valence electrons. The van der Waals surface area contributed by atoms with Crippen LogP contribution in [-0.2, 0) is 20.9 Å². The number of rotatable bonds is 6. The van der Waals surface area contributed by atoms with Crippen molar-refractivity contribution in [2.45, 2.75) is 98.2 Å². The fraction of sp³-hybridized carbons (Fsp3) is 0.697. The Morgan fingerprint density at radius 2 is 1.78 bits per heavy atom. The number of hydrogen-bond acceptors (Lipinski definition) is 4. The van der Waals surface area contributed by atoms with E-state index in [1.807, 2.05) is 37.3 Å². The van der Waals surface area contributed by atoms with Gasteiger partial charge in [-0.2, -0.15) is 0 Å². The molecule has 0 radical (unpaired) electrons. The van der Waals surface area contributed by atoms with E-state index in [-0.39, 0.29) is 34.7 Å². The van der Waals surface area contributed by atoms with E-state index >= 15 is 0 Å². The van der Waals surface area contributed by atoms with Crippen LogP contribution in [0, 0.1) is 46.3 Å². The van der Waals surface area contributed by atoms with Gasteiger partial charge in [-0.1, -0.05) is 57.2 Å². The van der Waals surface area contributed by atoms with E-state index in [2.05, 4.69) is 26.8 Å². The highest BCUT2D eigenvalue weighted by Gasteiger charge is 2.64. The van der Waals surface area contributed by atoms with E-state index in [1.54, 1.807) is 0 Å². The first-order chi connectivity index (χ1) is 17.7. The summed E-state index contributed by atoms with van der Waals surface area (Å²) in [6.07, 6.45) is 10.3. The molecule has 4 fully saturated rings. The minimum Gasteiger partial charge on any atom is -0.461 e. The summed E-state index contributed by atoms with van der Waals surface area (Å²) < 4.78 is 5.54. The third kappa shape index (κ3) is 4.62. The fourth-order valence-corrected chi connectivity index (χ4v) is 9.52. The van der Waals surface area contributed by atoms with E-state index in [1.165, 1.54) is 6.42 Å². The largest absolute Gasteiger partial charge is 0.461 e. The maximum atomic E-state index is 14.0. The summed E-state index contributed by atoms with van der Waals surface area (Å²) >= 11 is 0. The number of benzene rings is 1. The lowest BCUT2D eigenvalue weighted by Crippen LogP contribution is -2.58. The third-order valence-corrected chi connectivity index (χ3v) is 11.5. The van der Waals surface area contributed by atoms with Crippen LogP contribution in [0.2, 0.25) is 0 Å². The van der Waals surface area contributed by atoms with Gasteiger partial charge in [0.2, 0.25) is 0 Å². The standard InChI is InChI=1S/C33H46O4/c1-5-24-28-19-23(34)15-17-33(28,4)27-16-18-32(3)25(12-13-26(32)30(27)31(24)36)21(2)11-14-29(35)37-20-22-9-7-6-8-10-22/h5-10,21,23,25-28,30,34H,11-20H2,1-4H3/b24-5+/t21-,23-,25-,26?,27?,28?,30?,32-,33-/m1/s1. The molecule has 4 saturated carbocycles. The molecule has 0 bridgehead atoms. The molecule has 0 amide bonds. The summed E-state index contributed by atoms with van der Waals surface area (Å²) in [7, 11) is 0. The van der Waals surface area contributed by atoms with Gasteiger partial charge in [0, 0.05) is 12.3 Å². The normalized spacial score (nSPS) is 41.0. The molecule has 1 aromatic carbocycles. The SMILES string of the molecule is C/C=C1/C(=O)C2C(CC[C@@]3(C)C2CC[C@@H]3[C@H](C)CCC(=O)OCc2ccccc2)[C@@]2(C)CC[C@@H](O)CC12. The smallest absolute Gasteiger partial charge is 0.306 e. The molecule has 9 atom stereocenters. The Balaban J connectivity index is 1.27. The molecule has 4 unspecified atom stereocenters. The number of ketones is 1. The van der Waals surface area contributed by atoms with Gasteiger partial charge >= 0.3 is 5.97 Å². The molecule has 4 heteroatoms. The molecule has 1 aromatic rings. The predicted molar refractivity (Wildman–Crippen MR) is 145 cm³/mol. The minimum atomic E-state index is -0.276. The number of fused-ring (bicyclic) bond motifs is 5. The van der Waals surface area contributed by atoms with E-state index in [0.717, 1.165) is 56.1 Å². The molecule has 5 rings (SSSR count). The molecule has 0 heterocycles. The van der Waals surface area contributed by atoms with Crippen molar-refractivity contribution in [3.63, 3.8) is 0 Å². The van der Waals surface area contributed by atoms with Crippen LogP contribution in [0.4, 0.5) is 0 Å². The first kappa shape index (κ1) is 26.7. The fourth-order valence-electron chi connectivity index (χ4n) is 9.52. The Morgan fingerprint density at radius 3 is 2.51 bits per heavy atom. The third-order valence-electron chi connectivity index (χ3n) is 11.5. The zero-order valence-electron chi connectivity index (χ0n) is 23.2. The number of ether oxygens (including phenoxy) is 1. The zero-order chi connectivity index (χ0) is 26.4. The van der Waals surface area contributed by atoms with Crippen molar-refractivity contribution >= 4 is 11.8 Å². The highest BCUT2D eigenvalue weighted by Crippen LogP contribution is 2.68.